The van der Waals surface area contributed by atoms with E-state index in [4.69, 9.17) is 26.9 Å². The molecule has 1 aromatic heterocycles. The van der Waals surface area contributed by atoms with Crippen molar-refractivity contribution in [3.63, 3.8) is 0 Å². The molecule has 1 aliphatic rings. The Morgan fingerprint density at radius 3 is 2.45 bits per heavy atom. The van der Waals surface area contributed by atoms with Crippen LogP contribution in [-0.2, 0) is 0 Å². The maximum atomic E-state index is 5.56. The monoisotopic (exact) mass is 464 g/mol. The van der Waals surface area contributed by atoms with Crippen LogP contribution in [0.25, 0.3) is 10.9 Å². The van der Waals surface area contributed by atoms with Crippen molar-refractivity contribution in [2.24, 2.45) is 0 Å². The minimum atomic E-state index is 0.351. The Hall–Kier alpha value is -3.13. The maximum Gasteiger partial charge on any atom is 0.225 e. The number of hydrogen-bond acceptors (Lipinski definition) is 6. The van der Waals surface area contributed by atoms with E-state index in [9.17, 15) is 0 Å². The lowest BCUT2D eigenvalue weighted by atomic mass is 9.91. The molecular weight excluding hydrogens is 432 g/mol. The Morgan fingerprint density at radius 1 is 1.03 bits per heavy atom. The summed E-state index contributed by atoms with van der Waals surface area (Å²) in [5.41, 5.74) is 3.05. The number of benzene rings is 2. The van der Waals surface area contributed by atoms with Crippen molar-refractivity contribution in [2.45, 2.75) is 44.7 Å². The molecule has 8 heteroatoms. The zero-order chi connectivity index (χ0) is 23.4. The molecule has 0 unspecified atom stereocenters. The average Bonchev–Trinajstić information content (AvgIpc) is 2.81. The molecule has 174 valence electrons. The lowest BCUT2D eigenvalue weighted by Gasteiger charge is -2.30. The summed E-state index contributed by atoms with van der Waals surface area (Å²) in [7, 11) is 5.70. The Morgan fingerprint density at radius 2 is 1.76 bits per heavy atom. The van der Waals surface area contributed by atoms with Crippen molar-refractivity contribution in [3.8, 4) is 5.75 Å². The van der Waals surface area contributed by atoms with Gasteiger partial charge >= 0.3 is 0 Å². The van der Waals surface area contributed by atoms with Crippen LogP contribution in [0.4, 0.5) is 17.5 Å². The molecule has 0 spiro atoms. The van der Waals surface area contributed by atoms with Crippen molar-refractivity contribution >= 4 is 45.7 Å². The van der Waals surface area contributed by atoms with E-state index in [0.29, 0.717) is 23.1 Å². The lowest BCUT2D eigenvalue weighted by Crippen LogP contribution is -2.42. The van der Waals surface area contributed by atoms with Crippen LogP contribution in [0.1, 0.15) is 31.2 Å². The van der Waals surface area contributed by atoms with Gasteiger partial charge < -0.3 is 25.6 Å². The second kappa shape index (κ2) is 10.2. The molecule has 7 nitrogen and oxygen atoms in total. The largest absolute Gasteiger partial charge is 0.497 e. The van der Waals surface area contributed by atoms with Crippen LogP contribution in [0.2, 0.25) is 0 Å². The van der Waals surface area contributed by atoms with Gasteiger partial charge in [0, 0.05) is 37.3 Å². The first-order valence-corrected chi connectivity index (χ1v) is 11.8. The van der Waals surface area contributed by atoms with Gasteiger partial charge in [0.2, 0.25) is 5.95 Å². The summed E-state index contributed by atoms with van der Waals surface area (Å²) in [4.78, 5) is 11.6. The van der Waals surface area contributed by atoms with Gasteiger partial charge in [0.05, 0.1) is 12.6 Å². The number of ether oxygens (including phenoxy) is 1. The molecule has 0 amide bonds. The molecule has 4 rings (SSSR count). The second-order valence-corrected chi connectivity index (χ2v) is 9.16. The molecule has 1 saturated carbocycles. The van der Waals surface area contributed by atoms with Gasteiger partial charge in [-0.3, -0.25) is 0 Å². The van der Waals surface area contributed by atoms with Gasteiger partial charge in [-0.1, -0.05) is 12.1 Å². The Labute approximate surface area is 200 Å². The summed E-state index contributed by atoms with van der Waals surface area (Å²) in [6.45, 7) is 2.04. The zero-order valence-corrected chi connectivity index (χ0v) is 20.5. The minimum absolute atomic E-state index is 0.351. The second-order valence-electron chi connectivity index (χ2n) is 8.75. The quantitative estimate of drug-likeness (QED) is 0.453. The Balaban J connectivity index is 1.32. The van der Waals surface area contributed by atoms with Gasteiger partial charge in [-0.15, -0.1) is 0 Å². The molecule has 3 N–H and O–H groups in total. The highest BCUT2D eigenvalue weighted by molar-refractivity contribution is 7.80. The van der Waals surface area contributed by atoms with Crippen LogP contribution in [0.3, 0.4) is 0 Å². The van der Waals surface area contributed by atoms with Gasteiger partial charge in [0.1, 0.15) is 11.6 Å². The summed E-state index contributed by atoms with van der Waals surface area (Å²) < 4.78 is 5.27. The smallest absolute Gasteiger partial charge is 0.225 e. The third-order valence-corrected chi connectivity index (χ3v) is 6.30. The van der Waals surface area contributed by atoms with Crippen molar-refractivity contribution in [2.75, 3.05) is 36.7 Å². The summed E-state index contributed by atoms with van der Waals surface area (Å²) in [5, 5.41) is 12.1. The summed E-state index contributed by atoms with van der Waals surface area (Å²) in [6, 6.07) is 14.8. The molecule has 1 heterocycles. The molecule has 0 radical (unpaired) electrons. The molecule has 33 heavy (non-hydrogen) atoms. The fourth-order valence-corrected chi connectivity index (χ4v) is 4.55. The third-order valence-electron chi connectivity index (χ3n) is 6.08. The van der Waals surface area contributed by atoms with Crippen LogP contribution in [0, 0.1) is 6.92 Å². The van der Waals surface area contributed by atoms with E-state index in [1.807, 2.05) is 62.3 Å². The molecule has 0 saturated heterocycles. The first-order valence-electron chi connectivity index (χ1n) is 11.4. The Kier molecular flexibility index (Phi) is 7.13. The van der Waals surface area contributed by atoms with Crippen molar-refractivity contribution in [1.29, 1.82) is 0 Å². The number of methoxy groups -OCH3 is 1. The fraction of sp³-hybridized carbons (Fsp3) is 0.400. The number of para-hydroxylation sites is 1. The molecule has 1 aliphatic carbocycles. The number of hydrogen-bond donors (Lipinski definition) is 3. The Bertz CT molecular complexity index is 1130. The molecule has 2 aromatic carbocycles. The molecular formula is C25H32N6OS. The number of nitrogens with one attached hydrogen (secondary N) is 3. The first kappa shape index (κ1) is 23.0. The van der Waals surface area contributed by atoms with Gasteiger partial charge in [0.15, 0.2) is 5.11 Å². The summed E-state index contributed by atoms with van der Waals surface area (Å²) in [6.07, 6.45) is 4.15. The third kappa shape index (κ3) is 5.63. The van der Waals surface area contributed by atoms with E-state index in [0.717, 1.165) is 59.4 Å². The fourth-order valence-electron chi connectivity index (χ4n) is 4.28. The van der Waals surface area contributed by atoms with Crippen LogP contribution in [-0.4, -0.2) is 48.4 Å². The van der Waals surface area contributed by atoms with Crippen molar-refractivity contribution in [1.82, 2.24) is 15.3 Å². The van der Waals surface area contributed by atoms with Crippen molar-refractivity contribution < 1.29 is 4.74 Å². The predicted molar refractivity (Wildman–Crippen MR) is 141 cm³/mol. The number of fused-ring (bicyclic) bond motifs is 1. The van der Waals surface area contributed by atoms with Crippen LogP contribution in [0.5, 0.6) is 5.75 Å². The molecule has 1 fully saturated rings. The number of aryl methyl sites for hydroxylation is 1. The minimum Gasteiger partial charge on any atom is -0.497 e. The molecule has 0 aliphatic heterocycles. The number of nitrogens with zero attached hydrogens (tertiary/aromatic N) is 3. The van der Waals surface area contributed by atoms with E-state index >= 15 is 0 Å². The SMILES string of the molecule is COc1ccc(NC(=S)N[C@H]2CC[C@@H](Nc3nc(N(C)C)c4ccccc4n3)CC2)c(C)c1. The van der Waals surface area contributed by atoms with Gasteiger partial charge in [-0.2, -0.15) is 4.98 Å². The average molecular weight is 465 g/mol. The normalized spacial score (nSPS) is 17.9. The molecule has 3 aromatic rings. The number of anilines is 3. The van der Waals surface area contributed by atoms with E-state index in [-0.39, 0.29) is 0 Å². The highest BCUT2D eigenvalue weighted by Gasteiger charge is 2.23. The van der Waals surface area contributed by atoms with E-state index in [1.165, 1.54) is 0 Å². The standard InChI is InChI=1S/C25H32N6OS/c1-16-15-19(32-4)13-14-21(16)29-25(33)27-18-11-9-17(10-12-18)26-24-28-22-8-6-5-7-20(22)23(30-24)31(2)3/h5-8,13-15,17-18H,9-12H2,1-4H3,(H,26,28,30)(H2,27,29,33)/t17-,18+. The zero-order valence-electron chi connectivity index (χ0n) is 19.7. The van der Waals surface area contributed by atoms with E-state index in [1.54, 1.807) is 7.11 Å². The number of rotatable bonds is 6. The van der Waals surface area contributed by atoms with Gasteiger partial charge in [-0.25, -0.2) is 4.98 Å². The number of aromatic nitrogens is 2. The number of thiocarbonyl (C=S) groups is 1. The first-order chi connectivity index (χ1) is 15.9. The summed E-state index contributed by atoms with van der Waals surface area (Å²) in [5.74, 6) is 2.47. The molecule has 0 bridgehead atoms. The molecule has 0 atom stereocenters. The van der Waals surface area contributed by atoms with Crippen LogP contribution < -0.4 is 25.6 Å². The van der Waals surface area contributed by atoms with E-state index < -0.39 is 0 Å². The van der Waals surface area contributed by atoms with E-state index in [2.05, 4.69) is 22.0 Å². The maximum absolute atomic E-state index is 5.56. The predicted octanol–water partition coefficient (Wildman–Crippen LogP) is 4.72. The highest BCUT2D eigenvalue weighted by Crippen LogP contribution is 2.27. The van der Waals surface area contributed by atoms with Gasteiger partial charge in [0.25, 0.3) is 0 Å². The highest BCUT2D eigenvalue weighted by atomic mass is 32.1. The lowest BCUT2D eigenvalue weighted by molar-refractivity contribution is 0.387. The topological polar surface area (TPSA) is 74.3 Å². The van der Waals surface area contributed by atoms with Crippen molar-refractivity contribution in [3.05, 3.63) is 48.0 Å². The summed E-state index contributed by atoms with van der Waals surface area (Å²) >= 11 is 5.56. The van der Waals surface area contributed by atoms with Gasteiger partial charge in [-0.05, 0) is 80.7 Å². The van der Waals surface area contributed by atoms with Crippen LogP contribution in [0.15, 0.2) is 42.5 Å². The van der Waals surface area contributed by atoms with Crippen LogP contribution >= 0.6 is 12.2 Å².